The number of aromatic nitrogens is 1. The number of thiophene rings is 1. The van der Waals surface area contributed by atoms with Crippen LogP contribution in [0.25, 0.3) is 0 Å². The zero-order valence-corrected chi connectivity index (χ0v) is 20.6. The second kappa shape index (κ2) is 11.3. The highest BCUT2D eigenvalue weighted by atomic mass is 127. The first-order valence-corrected chi connectivity index (χ1v) is 10.7. The third-order valence-electron chi connectivity index (χ3n) is 4.51. The van der Waals surface area contributed by atoms with Crippen molar-refractivity contribution in [3.63, 3.8) is 0 Å². The predicted molar refractivity (Wildman–Crippen MR) is 128 cm³/mol. The standard InChI is InChI=1S/C19H26BrN5S.HI/c1-3-21-19(23-13-17-15(2)5-4-8-22-17)25-11-9-24(10-12-25)14-16-6-7-18(20)26-16;/h4-8H,3,9-14H2,1-2H3,(H,21,23);1H. The maximum Gasteiger partial charge on any atom is 0.194 e. The molecule has 148 valence electrons. The molecule has 2 aromatic heterocycles. The Morgan fingerprint density at radius 1 is 1.26 bits per heavy atom. The summed E-state index contributed by atoms with van der Waals surface area (Å²) in [7, 11) is 0. The number of pyridine rings is 1. The number of nitrogens with zero attached hydrogens (tertiary/aromatic N) is 4. The van der Waals surface area contributed by atoms with E-state index < -0.39 is 0 Å². The molecular weight excluding hydrogens is 537 g/mol. The highest BCUT2D eigenvalue weighted by Gasteiger charge is 2.20. The lowest BCUT2D eigenvalue weighted by atomic mass is 10.2. The number of hydrogen-bond donors (Lipinski definition) is 1. The van der Waals surface area contributed by atoms with Crippen LogP contribution < -0.4 is 5.32 Å². The van der Waals surface area contributed by atoms with Crippen LogP contribution in [-0.4, -0.2) is 53.5 Å². The Kier molecular flexibility index (Phi) is 9.47. The summed E-state index contributed by atoms with van der Waals surface area (Å²) in [6, 6.07) is 8.40. The highest BCUT2D eigenvalue weighted by molar-refractivity contribution is 14.0. The van der Waals surface area contributed by atoms with Gasteiger partial charge in [0.15, 0.2) is 5.96 Å². The summed E-state index contributed by atoms with van der Waals surface area (Å²) in [5.41, 5.74) is 2.24. The molecule has 1 aliphatic rings. The van der Waals surface area contributed by atoms with Crippen LogP contribution in [0.3, 0.4) is 0 Å². The average Bonchev–Trinajstić information content (AvgIpc) is 3.05. The second-order valence-electron chi connectivity index (χ2n) is 6.41. The van der Waals surface area contributed by atoms with Crippen LogP contribution in [0.2, 0.25) is 0 Å². The average molecular weight is 564 g/mol. The van der Waals surface area contributed by atoms with Crippen molar-refractivity contribution in [1.82, 2.24) is 20.1 Å². The molecule has 3 heterocycles. The van der Waals surface area contributed by atoms with E-state index in [-0.39, 0.29) is 24.0 Å². The molecule has 1 N–H and O–H groups in total. The van der Waals surface area contributed by atoms with Crippen molar-refractivity contribution in [3.05, 3.63) is 50.4 Å². The van der Waals surface area contributed by atoms with Crippen LogP contribution in [0.4, 0.5) is 0 Å². The Morgan fingerprint density at radius 2 is 2.04 bits per heavy atom. The molecule has 0 atom stereocenters. The summed E-state index contributed by atoms with van der Waals surface area (Å²) in [4.78, 5) is 15.6. The Labute approximate surface area is 191 Å². The van der Waals surface area contributed by atoms with Gasteiger partial charge in [0.2, 0.25) is 0 Å². The third kappa shape index (κ3) is 6.69. The van der Waals surface area contributed by atoms with E-state index in [1.54, 1.807) is 0 Å². The second-order valence-corrected chi connectivity index (χ2v) is 8.95. The van der Waals surface area contributed by atoms with E-state index in [1.807, 2.05) is 23.6 Å². The molecular formula is C19H27BrIN5S. The first-order valence-electron chi connectivity index (χ1n) is 9.06. The molecule has 27 heavy (non-hydrogen) atoms. The van der Waals surface area contributed by atoms with Gasteiger partial charge in [0.25, 0.3) is 0 Å². The number of halogens is 2. The molecule has 8 heteroatoms. The zero-order chi connectivity index (χ0) is 18.4. The van der Waals surface area contributed by atoms with Gasteiger partial charge in [-0.1, -0.05) is 6.07 Å². The van der Waals surface area contributed by atoms with E-state index >= 15 is 0 Å². The van der Waals surface area contributed by atoms with Crippen LogP contribution in [0.15, 0.2) is 39.2 Å². The predicted octanol–water partition coefficient (Wildman–Crippen LogP) is 4.12. The maximum absolute atomic E-state index is 4.83. The molecule has 5 nitrogen and oxygen atoms in total. The van der Waals surface area contributed by atoms with E-state index in [1.165, 1.54) is 14.2 Å². The van der Waals surface area contributed by atoms with Gasteiger partial charge < -0.3 is 10.2 Å². The number of nitrogens with one attached hydrogen (secondary N) is 1. The summed E-state index contributed by atoms with van der Waals surface area (Å²) in [6.45, 7) is 10.9. The Morgan fingerprint density at radius 3 is 2.67 bits per heavy atom. The largest absolute Gasteiger partial charge is 0.357 e. The minimum atomic E-state index is 0. The molecule has 0 radical (unpaired) electrons. The van der Waals surface area contributed by atoms with Gasteiger partial charge in [-0.2, -0.15) is 0 Å². The molecule has 1 saturated heterocycles. The van der Waals surface area contributed by atoms with Gasteiger partial charge >= 0.3 is 0 Å². The normalized spacial score (nSPS) is 15.5. The molecule has 0 aromatic carbocycles. The maximum atomic E-state index is 4.83. The van der Waals surface area contributed by atoms with Crippen molar-refractivity contribution < 1.29 is 0 Å². The van der Waals surface area contributed by atoms with E-state index in [0.29, 0.717) is 6.54 Å². The van der Waals surface area contributed by atoms with Gasteiger partial charge in [-0.15, -0.1) is 35.3 Å². The van der Waals surface area contributed by atoms with Gasteiger partial charge in [0, 0.05) is 50.3 Å². The number of aliphatic imine (C=N–C) groups is 1. The van der Waals surface area contributed by atoms with Crippen molar-refractivity contribution in [2.75, 3.05) is 32.7 Å². The van der Waals surface area contributed by atoms with Crippen molar-refractivity contribution in [2.24, 2.45) is 4.99 Å². The molecule has 0 bridgehead atoms. The van der Waals surface area contributed by atoms with Gasteiger partial charge in [-0.25, -0.2) is 4.99 Å². The van der Waals surface area contributed by atoms with Crippen LogP contribution in [0.5, 0.6) is 0 Å². The smallest absolute Gasteiger partial charge is 0.194 e. The van der Waals surface area contributed by atoms with E-state index in [0.717, 1.165) is 50.9 Å². The van der Waals surface area contributed by atoms with Gasteiger partial charge in [0.05, 0.1) is 16.0 Å². The number of guanidine groups is 1. The molecule has 1 fully saturated rings. The van der Waals surface area contributed by atoms with Crippen LogP contribution in [0.1, 0.15) is 23.1 Å². The molecule has 1 aliphatic heterocycles. The topological polar surface area (TPSA) is 43.8 Å². The van der Waals surface area contributed by atoms with Crippen molar-refractivity contribution in [1.29, 1.82) is 0 Å². The highest BCUT2D eigenvalue weighted by Crippen LogP contribution is 2.23. The van der Waals surface area contributed by atoms with E-state index in [9.17, 15) is 0 Å². The number of piperazine rings is 1. The lowest BCUT2D eigenvalue weighted by molar-refractivity contribution is 0.173. The quantitative estimate of drug-likeness (QED) is 0.338. The van der Waals surface area contributed by atoms with Crippen LogP contribution in [-0.2, 0) is 13.1 Å². The van der Waals surface area contributed by atoms with Crippen molar-refractivity contribution >= 4 is 57.2 Å². The fourth-order valence-corrected chi connectivity index (χ4v) is 4.56. The lowest BCUT2D eigenvalue weighted by Gasteiger charge is -2.36. The summed E-state index contributed by atoms with van der Waals surface area (Å²) in [5, 5.41) is 3.44. The van der Waals surface area contributed by atoms with Crippen LogP contribution >= 0.6 is 51.2 Å². The molecule has 0 amide bonds. The number of rotatable bonds is 5. The van der Waals surface area contributed by atoms with E-state index in [4.69, 9.17) is 4.99 Å². The minimum Gasteiger partial charge on any atom is -0.357 e. The summed E-state index contributed by atoms with van der Waals surface area (Å²) >= 11 is 5.37. The Bertz CT molecular complexity index is 743. The summed E-state index contributed by atoms with van der Waals surface area (Å²) < 4.78 is 1.21. The monoisotopic (exact) mass is 563 g/mol. The minimum absolute atomic E-state index is 0. The first kappa shape index (κ1) is 22.6. The SMILES string of the molecule is CCNC(=NCc1ncccc1C)N1CCN(Cc2ccc(Br)s2)CC1.I. The molecule has 2 aromatic rings. The Balaban J connectivity index is 0.00000261. The fraction of sp³-hybridized carbons (Fsp3) is 0.474. The lowest BCUT2D eigenvalue weighted by Crippen LogP contribution is -2.52. The number of hydrogen-bond acceptors (Lipinski definition) is 4. The van der Waals surface area contributed by atoms with Crippen molar-refractivity contribution in [3.8, 4) is 0 Å². The van der Waals surface area contributed by atoms with Gasteiger partial charge in [0.1, 0.15) is 0 Å². The Hall–Kier alpha value is -0.710. The molecule has 0 saturated carbocycles. The molecule has 3 rings (SSSR count). The number of aryl methyl sites for hydroxylation is 1. The summed E-state index contributed by atoms with van der Waals surface area (Å²) in [6.07, 6.45) is 1.84. The van der Waals surface area contributed by atoms with Gasteiger partial charge in [-0.3, -0.25) is 9.88 Å². The molecule has 0 spiro atoms. The fourth-order valence-electron chi connectivity index (χ4n) is 3.03. The summed E-state index contributed by atoms with van der Waals surface area (Å²) in [5.74, 6) is 0.996. The molecule has 0 unspecified atom stereocenters. The first-order chi connectivity index (χ1) is 12.7. The zero-order valence-electron chi connectivity index (χ0n) is 15.8. The molecule has 0 aliphatic carbocycles. The van der Waals surface area contributed by atoms with Gasteiger partial charge in [-0.05, 0) is 53.5 Å². The third-order valence-corrected chi connectivity index (χ3v) is 6.12. The van der Waals surface area contributed by atoms with E-state index in [2.05, 4.69) is 68.1 Å². The van der Waals surface area contributed by atoms with Crippen molar-refractivity contribution in [2.45, 2.75) is 26.9 Å². The van der Waals surface area contributed by atoms with Crippen LogP contribution in [0, 0.1) is 6.92 Å².